The standard InChI is InChI=1S/C22H36N4O2/c1-4-28-20-10-6-5-9-19(20)17-25(3)21(27)23-18-22(11-7-8-12-22)26-15-13-24(2)14-16-26/h5-6,9-10H,4,7-8,11-18H2,1-3H3,(H,23,27). The summed E-state index contributed by atoms with van der Waals surface area (Å²) in [5, 5.41) is 3.24. The average Bonchev–Trinajstić information content (AvgIpc) is 3.18. The maximum atomic E-state index is 12.8. The Balaban J connectivity index is 1.57. The molecule has 28 heavy (non-hydrogen) atoms. The lowest BCUT2D eigenvalue weighted by Gasteiger charge is -2.45. The SMILES string of the molecule is CCOc1ccccc1CN(C)C(=O)NCC1(N2CCN(C)CC2)CCCC1. The maximum Gasteiger partial charge on any atom is 0.317 e. The molecule has 1 aromatic rings. The lowest BCUT2D eigenvalue weighted by Crippen LogP contribution is -2.60. The minimum Gasteiger partial charge on any atom is -0.494 e. The zero-order valence-corrected chi connectivity index (χ0v) is 17.7. The van der Waals surface area contributed by atoms with Crippen LogP contribution < -0.4 is 10.1 Å². The monoisotopic (exact) mass is 388 g/mol. The van der Waals surface area contributed by atoms with E-state index in [2.05, 4.69) is 22.2 Å². The molecule has 156 valence electrons. The van der Waals surface area contributed by atoms with Crippen LogP contribution in [-0.4, -0.2) is 79.7 Å². The van der Waals surface area contributed by atoms with Crippen molar-refractivity contribution in [1.29, 1.82) is 0 Å². The molecule has 0 unspecified atom stereocenters. The predicted octanol–water partition coefficient (Wildman–Crippen LogP) is 2.79. The van der Waals surface area contributed by atoms with E-state index in [9.17, 15) is 4.79 Å². The smallest absolute Gasteiger partial charge is 0.317 e. The summed E-state index contributed by atoms with van der Waals surface area (Å²) in [5.41, 5.74) is 1.18. The highest BCUT2D eigenvalue weighted by atomic mass is 16.5. The summed E-state index contributed by atoms with van der Waals surface area (Å²) >= 11 is 0. The molecule has 1 heterocycles. The Kier molecular flexibility index (Phi) is 7.18. The van der Waals surface area contributed by atoms with E-state index in [-0.39, 0.29) is 11.6 Å². The van der Waals surface area contributed by atoms with Gasteiger partial charge < -0.3 is 19.9 Å². The van der Waals surface area contributed by atoms with Crippen molar-refractivity contribution in [2.75, 3.05) is 53.4 Å². The normalized spacial score (nSPS) is 20.1. The van der Waals surface area contributed by atoms with Crippen LogP contribution in [-0.2, 0) is 6.54 Å². The molecule has 1 saturated heterocycles. The third-order valence-corrected chi connectivity index (χ3v) is 6.30. The van der Waals surface area contributed by atoms with Gasteiger partial charge in [0.15, 0.2) is 0 Å². The Bertz CT molecular complexity index is 637. The molecular weight excluding hydrogens is 352 g/mol. The number of benzene rings is 1. The van der Waals surface area contributed by atoms with Gasteiger partial charge in [-0.15, -0.1) is 0 Å². The zero-order chi connectivity index (χ0) is 20.0. The van der Waals surface area contributed by atoms with Gasteiger partial charge in [-0.1, -0.05) is 31.0 Å². The molecule has 6 heteroatoms. The van der Waals surface area contributed by atoms with Gasteiger partial charge in [0, 0.05) is 50.9 Å². The minimum absolute atomic E-state index is 0.00768. The van der Waals surface area contributed by atoms with E-state index in [4.69, 9.17) is 4.74 Å². The number of piperazine rings is 1. The van der Waals surface area contributed by atoms with Crippen molar-refractivity contribution in [2.24, 2.45) is 0 Å². The van der Waals surface area contributed by atoms with E-state index in [1.807, 2.05) is 38.2 Å². The highest BCUT2D eigenvalue weighted by Crippen LogP contribution is 2.35. The quantitative estimate of drug-likeness (QED) is 0.780. The first kappa shape index (κ1) is 20.9. The summed E-state index contributed by atoms with van der Waals surface area (Å²) < 4.78 is 5.69. The first-order chi connectivity index (χ1) is 13.5. The molecule has 3 rings (SSSR count). The van der Waals surface area contributed by atoms with Crippen LogP contribution in [0.1, 0.15) is 38.2 Å². The first-order valence-corrected chi connectivity index (χ1v) is 10.7. The Morgan fingerprint density at radius 1 is 1.18 bits per heavy atom. The summed E-state index contributed by atoms with van der Waals surface area (Å²) in [6.07, 6.45) is 4.90. The first-order valence-electron chi connectivity index (χ1n) is 10.7. The van der Waals surface area contributed by atoms with E-state index < -0.39 is 0 Å². The molecule has 0 radical (unpaired) electrons. The van der Waals surface area contributed by atoms with Crippen molar-refractivity contribution in [2.45, 2.75) is 44.7 Å². The largest absolute Gasteiger partial charge is 0.494 e. The molecule has 1 saturated carbocycles. The second kappa shape index (κ2) is 9.61. The van der Waals surface area contributed by atoms with Gasteiger partial charge >= 0.3 is 6.03 Å². The molecule has 0 bridgehead atoms. The van der Waals surface area contributed by atoms with E-state index in [1.54, 1.807) is 4.90 Å². The molecule has 1 aliphatic heterocycles. The van der Waals surface area contributed by atoms with Crippen molar-refractivity contribution in [3.05, 3.63) is 29.8 Å². The summed E-state index contributed by atoms with van der Waals surface area (Å²) in [6.45, 7) is 8.32. The van der Waals surface area contributed by atoms with Crippen LogP contribution in [0, 0.1) is 0 Å². The number of hydrogen-bond donors (Lipinski definition) is 1. The van der Waals surface area contributed by atoms with Crippen molar-refractivity contribution in [3.63, 3.8) is 0 Å². The van der Waals surface area contributed by atoms with Gasteiger partial charge in [0.05, 0.1) is 13.2 Å². The van der Waals surface area contributed by atoms with E-state index in [0.717, 1.165) is 44.0 Å². The fourth-order valence-electron chi connectivity index (χ4n) is 4.55. The average molecular weight is 389 g/mol. The van der Waals surface area contributed by atoms with Crippen LogP contribution in [0.2, 0.25) is 0 Å². The highest BCUT2D eigenvalue weighted by molar-refractivity contribution is 5.74. The van der Waals surface area contributed by atoms with E-state index in [1.165, 1.54) is 25.7 Å². The van der Waals surface area contributed by atoms with Crippen LogP contribution >= 0.6 is 0 Å². The number of para-hydroxylation sites is 1. The molecule has 0 aromatic heterocycles. The predicted molar refractivity (Wildman–Crippen MR) is 113 cm³/mol. The van der Waals surface area contributed by atoms with Crippen LogP contribution in [0.25, 0.3) is 0 Å². The molecule has 2 amide bonds. The number of nitrogens with zero attached hydrogens (tertiary/aromatic N) is 3. The van der Waals surface area contributed by atoms with Gasteiger partial charge in [-0.2, -0.15) is 0 Å². The Labute approximate surface area is 169 Å². The summed E-state index contributed by atoms with van der Waals surface area (Å²) in [5.74, 6) is 0.856. The third-order valence-electron chi connectivity index (χ3n) is 6.30. The zero-order valence-electron chi connectivity index (χ0n) is 17.7. The molecule has 0 spiro atoms. The Hall–Kier alpha value is -1.79. The van der Waals surface area contributed by atoms with E-state index in [0.29, 0.717) is 13.2 Å². The van der Waals surface area contributed by atoms with Crippen LogP contribution in [0.3, 0.4) is 0 Å². The number of hydrogen-bond acceptors (Lipinski definition) is 4. The van der Waals surface area contributed by atoms with Gasteiger partial charge in [-0.05, 0) is 32.9 Å². The lowest BCUT2D eigenvalue weighted by atomic mass is 9.94. The fourth-order valence-corrected chi connectivity index (χ4v) is 4.55. The van der Waals surface area contributed by atoms with Crippen molar-refractivity contribution in [3.8, 4) is 5.75 Å². The van der Waals surface area contributed by atoms with Crippen LogP contribution in [0.4, 0.5) is 4.79 Å². The number of carbonyl (C=O) groups excluding carboxylic acids is 1. The number of likely N-dealkylation sites (N-methyl/N-ethyl adjacent to an activating group) is 1. The van der Waals surface area contributed by atoms with Gasteiger partial charge in [-0.3, -0.25) is 4.90 Å². The number of nitrogens with one attached hydrogen (secondary N) is 1. The molecule has 2 fully saturated rings. The second-order valence-corrected chi connectivity index (χ2v) is 8.28. The van der Waals surface area contributed by atoms with E-state index >= 15 is 0 Å². The number of carbonyl (C=O) groups is 1. The molecule has 1 N–H and O–H groups in total. The Morgan fingerprint density at radius 3 is 2.54 bits per heavy atom. The molecule has 1 aromatic carbocycles. The third kappa shape index (κ3) is 4.97. The van der Waals surface area contributed by atoms with Crippen molar-refractivity contribution < 1.29 is 9.53 Å². The molecule has 0 atom stereocenters. The lowest BCUT2D eigenvalue weighted by molar-refractivity contribution is 0.0435. The van der Waals surface area contributed by atoms with Gasteiger partial charge in [0.2, 0.25) is 0 Å². The topological polar surface area (TPSA) is 48.1 Å². The van der Waals surface area contributed by atoms with Crippen molar-refractivity contribution >= 4 is 6.03 Å². The van der Waals surface area contributed by atoms with Crippen LogP contribution in [0.5, 0.6) is 5.75 Å². The second-order valence-electron chi connectivity index (χ2n) is 8.28. The Morgan fingerprint density at radius 2 is 1.86 bits per heavy atom. The molecular formula is C22H36N4O2. The summed E-state index contributed by atoms with van der Waals surface area (Å²) in [4.78, 5) is 19.6. The molecule has 1 aliphatic carbocycles. The van der Waals surface area contributed by atoms with Gasteiger partial charge in [0.25, 0.3) is 0 Å². The van der Waals surface area contributed by atoms with Gasteiger partial charge in [-0.25, -0.2) is 4.79 Å². The summed E-state index contributed by atoms with van der Waals surface area (Å²) in [6, 6.07) is 7.94. The fraction of sp³-hybridized carbons (Fsp3) is 0.682. The minimum atomic E-state index is -0.00768. The molecule has 6 nitrogen and oxygen atoms in total. The number of rotatable bonds is 7. The molecule has 2 aliphatic rings. The highest BCUT2D eigenvalue weighted by Gasteiger charge is 2.40. The number of urea groups is 1. The van der Waals surface area contributed by atoms with Crippen molar-refractivity contribution in [1.82, 2.24) is 20.0 Å². The van der Waals surface area contributed by atoms with Crippen LogP contribution in [0.15, 0.2) is 24.3 Å². The maximum absolute atomic E-state index is 12.8. The number of ether oxygens (including phenoxy) is 1. The summed E-state index contributed by atoms with van der Waals surface area (Å²) in [7, 11) is 4.05. The van der Waals surface area contributed by atoms with Gasteiger partial charge in [0.1, 0.15) is 5.75 Å². The number of amides is 2.